The van der Waals surface area contributed by atoms with Gasteiger partial charge in [-0.15, -0.1) is 0 Å². The molecule has 0 N–H and O–H groups in total. The summed E-state index contributed by atoms with van der Waals surface area (Å²) >= 11 is 0. The van der Waals surface area contributed by atoms with Crippen LogP contribution in [0.2, 0.25) is 0 Å². The van der Waals surface area contributed by atoms with Crippen molar-refractivity contribution in [3.05, 3.63) is 71.8 Å². The van der Waals surface area contributed by atoms with Crippen molar-refractivity contribution in [1.29, 1.82) is 0 Å². The number of hydrogen-bond donors (Lipinski definition) is 0. The van der Waals surface area contributed by atoms with Crippen molar-refractivity contribution < 1.29 is 17.3 Å². The van der Waals surface area contributed by atoms with Gasteiger partial charge in [0.2, 0.25) is 0 Å². The van der Waals surface area contributed by atoms with E-state index in [4.69, 9.17) is 8.92 Å². The van der Waals surface area contributed by atoms with Gasteiger partial charge in [-0.05, 0) is 28.2 Å². The normalized spacial score (nSPS) is 13.4. The third kappa shape index (κ3) is 6.15. The molecule has 2 rings (SSSR count). The molecule has 2 aromatic rings. The molecule has 0 heterocycles. The third-order valence-electron chi connectivity index (χ3n) is 4.01. The van der Waals surface area contributed by atoms with Gasteiger partial charge in [-0.1, -0.05) is 70.2 Å². The van der Waals surface area contributed by atoms with Crippen LogP contribution in [0.3, 0.4) is 0 Å². The number of hydrogen-bond acceptors (Lipinski definition) is 4. The van der Waals surface area contributed by atoms with E-state index in [2.05, 4.69) is 26.8 Å². The van der Waals surface area contributed by atoms with Crippen LogP contribution in [0.5, 0.6) is 5.75 Å². The van der Waals surface area contributed by atoms with Crippen LogP contribution in [0.25, 0.3) is 0 Å². The van der Waals surface area contributed by atoms with Gasteiger partial charge in [-0.25, -0.2) is 0 Å². The molecule has 0 saturated carbocycles. The van der Waals surface area contributed by atoms with Gasteiger partial charge >= 0.3 is 0 Å². The van der Waals surface area contributed by atoms with Crippen molar-refractivity contribution in [1.82, 2.24) is 0 Å². The highest BCUT2D eigenvalue weighted by Gasteiger charge is 2.21. The summed E-state index contributed by atoms with van der Waals surface area (Å²) in [6.07, 6.45) is 1.04. The average molecular weight is 376 g/mol. The van der Waals surface area contributed by atoms with Crippen LogP contribution in [0.4, 0.5) is 0 Å². The zero-order chi connectivity index (χ0) is 19.4. The highest BCUT2D eigenvalue weighted by molar-refractivity contribution is 7.86. The highest BCUT2D eigenvalue weighted by atomic mass is 32.2. The van der Waals surface area contributed by atoms with E-state index >= 15 is 0 Å². The molecule has 0 fully saturated rings. The van der Waals surface area contributed by atoms with Gasteiger partial charge in [-0.2, -0.15) is 8.42 Å². The maximum absolute atomic E-state index is 11.2. The molecule has 5 heteroatoms. The van der Waals surface area contributed by atoms with Gasteiger partial charge in [0, 0.05) is 5.92 Å². The summed E-state index contributed by atoms with van der Waals surface area (Å²) in [7, 11) is -3.49. The number of benzene rings is 2. The molecule has 0 saturated heterocycles. The molecule has 1 unspecified atom stereocenters. The minimum atomic E-state index is -3.49. The molecule has 0 aliphatic rings. The summed E-state index contributed by atoms with van der Waals surface area (Å²) in [6, 6.07) is 16.0. The van der Waals surface area contributed by atoms with Crippen LogP contribution >= 0.6 is 0 Å². The zero-order valence-corrected chi connectivity index (χ0v) is 16.8. The second kappa shape index (κ2) is 8.23. The van der Waals surface area contributed by atoms with Gasteiger partial charge in [0.25, 0.3) is 10.1 Å². The topological polar surface area (TPSA) is 52.6 Å². The molecule has 0 spiro atoms. The van der Waals surface area contributed by atoms with Gasteiger partial charge in [0.05, 0.1) is 6.26 Å². The SMILES string of the molecule is CC([CH]OS(C)(=O)=O)c1ccc(OCc2ccccc2)c(C(C)(C)C)c1. The fourth-order valence-corrected chi connectivity index (χ4v) is 2.91. The first-order valence-corrected chi connectivity index (χ1v) is 10.4. The van der Waals surface area contributed by atoms with E-state index in [0.717, 1.165) is 28.7 Å². The first-order valence-electron chi connectivity index (χ1n) is 8.59. The Kier molecular flexibility index (Phi) is 6.48. The second-order valence-electron chi connectivity index (χ2n) is 7.50. The zero-order valence-electron chi connectivity index (χ0n) is 16.0. The Morgan fingerprint density at radius 1 is 1.08 bits per heavy atom. The summed E-state index contributed by atoms with van der Waals surface area (Å²) in [6.45, 7) is 10.1. The molecule has 0 aliphatic carbocycles. The summed E-state index contributed by atoms with van der Waals surface area (Å²) in [5.74, 6) is 0.676. The monoisotopic (exact) mass is 375 g/mol. The standard InChI is InChI=1S/C21H27O4S/c1-16(14-25-26(5,22)23)18-11-12-20(19(13-18)21(2,3)4)24-15-17-9-7-6-8-10-17/h6-14,16H,15H2,1-5H3. The smallest absolute Gasteiger partial charge is 0.264 e. The molecule has 2 aromatic carbocycles. The Balaban J connectivity index is 2.21. The predicted molar refractivity (Wildman–Crippen MR) is 105 cm³/mol. The molecule has 0 aromatic heterocycles. The Hall–Kier alpha value is -1.85. The molecule has 1 radical (unpaired) electrons. The van der Waals surface area contributed by atoms with Crippen molar-refractivity contribution in [2.75, 3.05) is 6.26 Å². The van der Waals surface area contributed by atoms with Gasteiger partial charge in [0.1, 0.15) is 19.0 Å². The van der Waals surface area contributed by atoms with E-state index in [1.165, 1.54) is 6.61 Å². The van der Waals surface area contributed by atoms with Crippen LogP contribution in [0.1, 0.15) is 50.3 Å². The van der Waals surface area contributed by atoms with Crippen molar-refractivity contribution in [3.8, 4) is 5.75 Å². The van der Waals surface area contributed by atoms with Crippen LogP contribution in [0, 0.1) is 6.61 Å². The maximum Gasteiger partial charge on any atom is 0.264 e. The maximum atomic E-state index is 11.2. The molecule has 4 nitrogen and oxygen atoms in total. The van der Waals surface area contributed by atoms with E-state index in [1.54, 1.807) is 0 Å². The first kappa shape index (κ1) is 20.5. The van der Waals surface area contributed by atoms with Crippen LogP contribution in [0.15, 0.2) is 48.5 Å². The third-order valence-corrected chi connectivity index (χ3v) is 4.47. The molecular weight excluding hydrogens is 348 g/mol. The fraction of sp³-hybridized carbons (Fsp3) is 0.381. The van der Waals surface area contributed by atoms with Crippen molar-refractivity contribution in [2.45, 2.75) is 45.6 Å². The summed E-state index contributed by atoms with van der Waals surface area (Å²) < 4.78 is 33.3. The van der Waals surface area contributed by atoms with Crippen LogP contribution in [-0.4, -0.2) is 14.7 Å². The summed E-state index contributed by atoms with van der Waals surface area (Å²) in [5.41, 5.74) is 3.05. The molecule has 0 aliphatic heterocycles. The van der Waals surface area contributed by atoms with Gasteiger partial charge in [-0.3, -0.25) is 4.18 Å². The van der Waals surface area contributed by atoms with Crippen molar-refractivity contribution in [2.24, 2.45) is 0 Å². The van der Waals surface area contributed by atoms with Gasteiger partial charge in [0.15, 0.2) is 0 Å². The second-order valence-corrected chi connectivity index (χ2v) is 9.11. The van der Waals surface area contributed by atoms with Crippen LogP contribution in [-0.2, 0) is 26.3 Å². The quantitative estimate of drug-likeness (QED) is 0.652. The molecule has 1 atom stereocenters. The van der Waals surface area contributed by atoms with Crippen LogP contribution < -0.4 is 4.74 Å². The van der Waals surface area contributed by atoms with E-state index < -0.39 is 10.1 Å². The molecular formula is C21H27O4S. The Morgan fingerprint density at radius 3 is 2.31 bits per heavy atom. The molecule has 141 valence electrons. The van der Waals surface area contributed by atoms with E-state index in [-0.39, 0.29) is 11.3 Å². The largest absolute Gasteiger partial charge is 0.489 e. The Morgan fingerprint density at radius 2 is 1.73 bits per heavy atom. The lowest BCUT2D eigenvalue weighted by Gasteiger charge is -2.25. The predicted octanol–water partition coefficient (Wildman–Crippen LogP) is 4.80. The average Bonchev–Trinajstić information content (AvgIpc) is 2.57. The Bertz CT molecular complexity index is 821. The number of rotatable bonds is 7. The number of ether oxygens (including phenoxy) is 1. The fourth-order valence-electron chi connectivity index (χ4n) is 2.54. The first-order chi connectivity index (χ1) is 12.1. The lowest BCUT2D eigenvalue weighted by atomic mass is 9.84. The lowest BCUT2D eigenvalue weighted by Crippen LogP contribution is -2.15. The van der Waals surface area contributed by atoms with Crippen molar-refractivity contribution in [3.63, 3.8) is 0 Å². The van der Waals surface area contributed by atoms with E-state index in [1.807, 2.05) is 49.4 Å². The molecule has 0 amide bonds. The molecule has 26 heavy (non-hydrogen) atoms. The minimum Gasteiger partial charge on any atom is -0.489 e. The summed E-state index contributed by atoms with van der Waals surface area (Å²) in [5, 5.41) is 0. The Labute approximate surface area is 157 Å². The van der Waals surface area contributed by atoms with Crippen molar-refractivity contribution >= 4 is 10.1 Å². The van der Waals surface area contributed by atoms with E-state index in [9.17, 15) is 8.42 Å². The lowest BCUT2D eigenvalue weighted by molar-refractivity contribution is 0.297. The minimum absolute atomic E-state index is 0.112. The van der Waals surface area contributed by atoms with Gasteiger partial charge < -0.3 is 4.74 Å². The highest BCUT2D eigenvalue weighted by Crippen LogP contribution is 2.35. The molecule has 0 bridgehead atoms. The van der Waals surface area contributed by atoms with E-state index in [0.29, 0.717) is 6.61 Å². The summed E-state index contributed by atoms with van der Waals surface area (Å²) in [4.78, 5) is 0.